The largest absolute Gasteiger partial charge is 0.493 e. The van der Waals surface area contributed by atoms with Crippen LogP contribution in [0.4, 0.5) is 0 Å². The molecule has 0 aromatic heterocycles. The fourth-order valence-electron chi connectivity index (χ4n) is 1.22. The van der Waals surface area contributed by atoms with Crippen LogP contribution in [0.25, 0.3) is 0 Å². The van der Waals surface area contributed by atoms with Crippen LogP contribution in [0.2, 0.25) is 0 Å². The summed E-state index contributed by atoms with van der Waals surface area (Å²) in [7, 11) is 3.06. The molecule has 14 heavy (non-hydrogen) atoms. The van der Waals surface area contributed by atoms with Crippen LogP contribution >= 0.6 is 0 Å². The van der Waals surface area contributed by atoms with E-state index in [-0.39, 0.29) is 0 Å². The maximum Gasteiger partial charge on any atom is 0.161 e. The highest BCUT2D eigenvalue weighted by Crippen LogP contribution is 2.29. The molecule has 0 spiro atoms. The van der Waals surface area contributed by atoms with Gasteiger partial charge in [0, 0.05) is 12.1 Å². The number of hydrogen-bond donors (Lipinski definition) is 1. The van der Waals surface area contributed by atoms with Crippen molar-refractivity contribution in [1.82, 2.24) is 0 Å². The number of nitrogens with two attached hydrogens (primary N) is 1. The Hall–Kier alpha value is -1.55. The molecule has 2 N–H and O–H groups in total. The van der Waals surface area contributed by atoms with E-state index >= 15 is 0 Å². The highest BCUT2D eigenvalue weighted by Gasteiger charge is 2.09. The lowest BCUT2D eigenvalue weighted by atomic mass is 10.1. The molecule has 0 saturated heterocycles. The Morgan fingerprint density at radius 3 is 2.29 bits per heavy atom. The van der Waals surface area contributed by atoms with Gasteiger partial charge >= 0.3 is 0 Å². The molecule has 1 rings (SSSR count). The molecule has 0 aliphatic carbocycles. The lowest BCUT2D eigenvalue weighted by molar-refractivity contribution is 0.112. The average Bonchev–Trinajstić information content (AvgIpc) is 2.26. The second-order valence-corrected chi connectivity index (χ2v) is 2.73. The van der Waals surface area contributed by atoms with Crippen molar-refractivity contribution in [3.05, 3.63) is 23.3 Å². The standard InChI is InChI=1S/C10H13NO3/c1-13-9-3-7(5-11)8(6-12)4-10(9)14-2/h3-4,6H,5,11H2,1-2H3. The summed E-state index contributed by atoms with van der Waals surface area (Å²) in [6, 6.07) is 3.33. The summed E-state index contributed by atoms with van der Waals surface area (Å²) in [5.41, 5.74) is 6.77. The summed E-state index contributed by atoms with van der Waals surface area (Å²) in [6.07, 6.45) is 0.754. The number of carbonyl (C=O) groups is 1. The first-order chi connectivity index (χ1) is 6.76. The fourth-order valence-corrected chi connectivity index (χ4v) is 1.22. The van der Waals surface area contributed by atoms with Gasteiger partial charge in [0.05, 0.1) is 14.2 Å². The first-order valence-corrected chi connectivity index (χ1v) is 4.17. The first kappa shape index (κ1) is 10.5. The van der Waals surface area contributed by atoms with E-state index in [1.54, 1.807) is 19.2 Å². The minimum atomic E-state index is 0.300. The number of carbonyl (C=O) groups excluding carboxylic acids is 1. The molecule has 0 saturated carbocycles. The van der Waals surface area contributed by atoms with Crippen molar-refractivity contribution < 1.29 is 14.3 Å². The summed E-state index contributed by atoms with van der Waals surface area (Å²) in [4.78, 5) is 10.7. The Labute approximate surface area is 82.6 Å². The van der Waals surface area contributed by atoms with E-state index in [9.17, 15) is 4.79 Å². The third-order valence-electron chi connectivity index (χ3n) is 1.99. The van der Waals surface area contributed by atoms with Crippen LogP contribution in [0.1, 0.15) is 15.9 Å². The molecule has 0 radical (unpaired) electrons. The summed E-state index contributed by atoms with van der Waals surface area (Å²) in [6.45, 7) is 0.300. The van der Waals surface area contributed by atoms with Crippen molar-refractivity contribution in [2.24, 2.45) is 5.73 Å². The molecule has 0 amide bonds. The normalized spacial score (nSPS) is 9.64. The molecule has 0 aliphatic heterocycles. The van der Waals surface area contributed by atoms with Crippen LogP contribution in [0, 0.1) is 0 Å². The smallest absolute Gasteiger partial charge is 0.161 e. The van der Waals surface area contributed by atoms with Crippen LogP contribution in [-0.4, -0.2) is 20.5 Å². The number of hydrogen-bond acceptors (Lipinski definition) is 4. The predicted octanol–water partition coefficient (Wildman–Crippen LogP) is 0.975. The molecule has 0 bridgehead atoms. The lowest BCUT2D eigenvalue weighted by Gasteiger charge is -2.10. The van der Waals surface area contributed by atoms with Crippen molar-refractivity contribution >= 4 is 6.29 Å². The first-order valence-electron chi connectivity index (χ1n) is 4.17. The fraction of sp³-hybridized carbons (Fsp3) is 0.300. The van der Waals surface area contributed by atoms with Gasteiger partial charge in [-0.2, -0.15) is 0 Å². The Morgan fingerprint density at radius 1 is 1.29 bits per heavy atom. The van der Waals surface area contributed by atoms with E-state index in [1.165, 1.54) is 7.11 Å². The number of benzene rings is 1. The number of aldehydes is 1. The quantitative estimate of drug-likeness (QED) is 0.727. The summed E-state index contributed by atoms with van der Waals surface area (Å²) in [5, 5.41) is 0. The lowest BCUT2D eigenvalue weighted by Crippen LogP contribution is -2.03. The molecule has 1 aromatic rings. The van der Waals surface area contributed by atoms with Gasteiger partial charge in [-0.1, -0.05) is 0 Å². The highest BCUT2D eigenvalue weighted by atomic mass is 16.5. The molecular weight excluding hydrogens is 182 g/mol. The van der Waals surface area contributed by atoms with Crippen LogP contribution in [0.15, 0.2) is 12.1 Å². The van der Waals surface area contributed by atoms with Crippen molar-refractivity contribution in [2.45, 2.75) is 6.54 Å². The van der Waals surface area contributed by atoms with Gasteiger partial charge in [-0.3, -0.25) is 4.79 Å². The molecule has 4 heteroatoms. The number of rotatable bonds is 4. The second-order valence-electron chi connectivity index (χ2n) is 2.73. The molecule has 0 fully saturated rings. The zero-order valence-electron chi connectivity index (χ0n) is 8.24. The number of methoxy groups -OCH3 is 2. The average molecular weight is 195 g/mol. The van der Waals surface area contributed by atoms with Crippen molar-refractivity contribution in [3.63, 3.8) is 0 Å². The van der Waals surface area contributed by atoms with Crippen molar-refractivity contribution in [2.75, 3.05) is 14.2 Å². The maximum absolute atomic E-state index is 10.7. The van der Waals surface area contributed by atoms with Gasteiger partial charge in [-0.05, 0) is 17.7 Å². The monoisotopic (exact) mass is 195 g/mol. The Morgan fingerprint density at radius 2 is 1.86 bits per heavy atom. The van der Waals surface area contributed by atoms with E-state index in [2.05, 4.69) is 0 Å². The van der Waals surface area contributed by atoms with Gasteiger partial charge < -0.3 is 15.2 Å². The van der Waals surface area contributed by atoms with E-state index in [1.807, 2.05) is 0 Å². The van der Waals surface area contributed by atoms with Gasteiger partial charge in [0.15, 0.2) is 17.8 Å². The van der Waals surface area contributed by atoms with E-state index < -0.39 is 0 Å². The third kappa shape index (κ3) is 1.85. The van der Waals surface area contributed by atoms with Gasteiger partial charge in [0.1, 0.15) is 0 Å². The molecular formula is C10H13NO3. The maximum atomic E-state index is 10.7. The van der Waals surface area contributed by atoms with Crippen molar-refractivity contribution in [3.8, 4) is 11.5 Å². The van der Waals surface area contributed by atoms with Crippen LogP contribution in [-0.2, 0) is 6.54 Å². The van der Waals surface area contributed by atoms with Crippen LogP contribution in [0.3, 0.4) is 0 Å². The summed E-state index contributed by atoms with van der Waals surface area (Å²) < 4.78 is 10.1. The second kappa shape index (κ2) is 4.62. The zero-order valence-corrected chi connectivity index (χ0v) is 8.24. The summed E-state index contributed by atoms with van der Waals surface area (Å²) >= 11 is 0. The summed E-state index contributed by atoms with van der Waals surface area (Å²) in [5.74, 6) is 1.12. The van der Waals surface area contributed by atoms with E-state index in [4.69, 9.17) is 15.2 Å². The predicted molar refractivity (Wildman–Crippen MR) is 52.8 cm³/mol. The SMILES string of the molecule is COc1cc(C=O)c(CN)cc1OC. The van der Waals surface area contributed by atoms with Crippen LogP contribution in [0.5, 0.6) is 11.5 Å². The van der Waals surface area contributed by atoms with E-state index in [0.29, 0.717) is 23.6 Å². The Balaban J connectivity index is 3.27. The van der Waals surface area contributed by atoms with E-state index in [0.717, 1.165) is 11.8 Å². The molecule has 0 unspecified atom stereocenters. The minimum Gasteiger partial charge on any atom is -0.493 e. The topological polar surface area (TPSA) is 61.5 Å². The third-order valence-corrected chi connectivity index (χ3v) is 1.99. The Kier molecular flexibility index (Phi) is 3.48. The molecule has 0 aliphatic rings. The minimum absolute atomic E-state index is 0.300. The highest BCUT2D eigenvalue weighted by molar-refractivity contribution is 5.79. The number of ether oxygens (including phenoxy) is 2. The van der Waals surface area contributed by atoms with Crippen LogP contribution < -0.4 is 15.2 Å². The van der Waals surface area contributed by atoms with Gasteiger partial charge in [-0.25, -0.2) is 0 Å². The molecule has 76 valence electrons. The Bertz CT molecular complexity index is 336. The molecule has 1 aromatic carbocycles. The molecule has 4 nitrogen and oxygen atoms in total. The van der Waals surface area contributed by atoms with Gasteiger partial charge in [0.25, 0.3) is 0 Å². The van der Waals surface area contributed by atoms with Gasteiger partial charge in [-0.15, -0.1) is 0 Å². The van der Waals surface area contributed by atoms with Crippen molar-refractivity contribution in [1.29, 1.82) is 0 Å². The molecule has 0 heterocycles. The van der Waals surface area contributed by atoms with Gasteiger partial charge in [0.2, 0.25) is 0 Å². The zero-order chi connectivity index (χ0) is 10.6. The molecule has 0 atom stereocenters.